The van der Waals surface area contributed by atoms with Crippen LogP contribution in [0.25, 0.3) is 0 Å². The van der Waals surface area contributed by atoms with E-state index in [-0.39, 0.29) is 5.69 Å². The van der Waals surface area contributed by atoms with Crippen molar-refractivity contribution < 1.29 is 22.7 Å². The van der Waals surface area contributed by atoms with Crippen LogP contribution in [0, 0.1) is 17.5 Å². The average molecular weight is 326 g/mol. The highest BCUT2D eigenvalue weighted by Crippen LogP contribution is 2.20. The summed E-state index contributed by atoms with van der Waals surface area (Å²) >= 11 is 0. The van der Waals surface area contributed by atoms with E-state index in [2.05, 4.69) is 20.8 Å². The zero-order valence-electron chi connectivity index (χ0n) is 12.1. The summed E-state index contributed by atoms with van der Waals surface area (Å²) in [5.41, 5.74) is -0.593. The van der Waals surface area contributed by atoms with Crippen LogP contribution in [0.2, 0.25) is 0 Å². The molecule has 0 fully saturated rings. The van der Waals surface area contributed by atoms with Crippen LogP contribution in [0.3, 0.4) is 0 Å². The van der Waals surface area contributed by atoms with Crippen LogP contribution >= 0.6 is 0 Å². The number of nitrogens with one attached hydrogen (secondary N) is 2. The molecule has 2 rings (SSSR count). The van der Waals surface area contributed by atoms with Gasteiger partial charge in [0.2, 0.25) is 0 Å². The van der Waals surface area contributed by atoms with Gasteiger partial charge in [-0.25, -0.2) is 13.2 Å². The lowest BCUT2D eigenvalue weighted by Crippen LogP contribution is -2.17. The molecule has 122 valence electrons. The Bertz CT molecular complexity index is 695. The third-order valence-corrected chi connectivity index (χ3v) is 2.79. The topological polar surface area (TPSA) is 76.1 Å². The van der Waals surface area contributed by atoms with E-state index in [0.29, 0.717) is 25.0 Å². The second-order valence-corrected chi connectivity index (χ2v) is 4.40. The maximum Gasteiger partial charge on any atom is 0.276 e. The smallest absolute Gasteiger partial charge is 0.276 e. The minimum atomic E-state index is -1.66. The highest BCUT2D eigenvalue weighted by Gasteiger charge is 2.16. The van der Waals surface area contributed by atoms with Gasteiger partial charge in [0.25, 0.3) is 5.91 Å². The van der Waals surface area contributed by atoms with Gasteiger partial charge in [-0.3, -0.25) is 4.79 Å². The van der Waals surface area contributed by atoms with E-state index in [4.69, 9.17) is 4.74 Å². The van der Waals surface area contributed by atoms with Crippen LogP contribution in [0.15, 0.2) is 24.3 Å². The number of carbonyl (C=O) groups excluding carboxylic acids is 1. The van der Waals surface area contributed by atoms with Crippen molar-refractivity contribution in [1.82, 2.24) is 10.2 Å². The molecule has 2 N–H and O–H groups in total. The van der Waals surface area contributed by atoms with E-state index in [1.165, 1.54) is 12.1 Å². The van der Waals surface area contributed by atoms with Gasteiger partial charge in [0.1, 0.15) is 5.82 Å². The number of amides is 1. The summed E-state index contributed by atoms with van der Waals surface area (Å²) in [6.07, 6.45) is 0. The van der Waals surface area contributed by atoms with Crippen LogP contribution in [-0.4, -0.2) is 36.4 Å². The summed E-state index contributed by atoms with van der Waals surface area (Å²) in [6, 6.07) is 4.48. The molecule has 1 amide bonds. The van der Waals surface area contributed by atoms with Gasteiger partial charge in [-0.05, 0) is 24.3 Å². The maximum absolute atomic E-state index is 13.5. The molecule has 23 heavy (non-hydrogen) atoms. The van der Waals surface area contributed by atoms with Gasteiger partial charge in [0, 0.05) is 13.7 Å². The van der Waals surface area contributed by atoms with Gasteiger partial charge in [0.15, 0.2) is 23.1 Å². The summed E-state index contributed by atoms with van der Waals surface area (Å²) in [6.45, 7) is 0.982. The van der Waals surface area contributed by atoms with E-state index in [0.717, 1.165) is 6.07 Å². The van der Waals surface area contributed by atoms with Gasteiger partial charge in [-0.15, -0.1) is 10.2 Å². The molecule has 1 heterocycles. The zero-order valence-corrected chi connectivity index (χ0v) is 12.1. The van der Waals surface area contributed by atoms with Crippen LogP contribution in [0.5, 0.6) is 0 Å². The first kappa shape index (κ1) is 16.7. The first-order chi connectivity index (χ1) is 11.0. The number of hydrogen-bond acceptors (Lipinski definition) is 5. The number of benzene rings is 1. The number of aromatic nitrogens is 2. The molecule has 0 saturated carbocycles. The van der Waals surface area contributed by atoms with Crippen LogP contribution in [-0.2, 0) is 4.74 Å². The minimum absolute atomic E-state index is 0.105. The Morgan fingerprint density at radius 3 is 2.57 bits per heavy atom. The molecule has 0 spiro atoms. The van der Waals surface area contributed by atoms with Crippen molar-refractivity contribution >= 4 is 17.4 Å². The van der Waals surface area contributed by atoms with Gasteiger partial charge in [-0.1, -0.05) is 0 Å². The highest BCUT2D eigenvalue weighted by molar-refractivity contribution is 6.02. The number of anilines is 2. The minimum Gasteiger partial charge on any atom is -0.383 e. The van der Waals surface area contributed by atoms with Crippen LogP contribution < -0.4 is 10.6 Å². The number of ether oxygens (including phenoxy) is 1. The maximum atomic E-state index is 13.5. The highest BCUT2D eigenvalue weighted by atomic mass is 19.2. The molecular formula is C14H13F3N4O2. The van der Waals surface area contributed by atoms with E-state index in [1.807, 2.05) is 0 Å². The van der Waals surface area contributed by atoms with Crippen LogP contribution in [0.1, 0.15) is 10.5 Å². The van der Waals surface area contributed by atoms with Gasteiger partial charge >= 0.3 is 0 Å². The summed E-state index contributed by atoms with van der Waals surface area (Å²) in [4.78, 5) is 11.9. The fourth-order valence-electron chi connectivity index (χ4n) is 1.64. The number of nitrogens with zero attached hydrogens (tertiary/aromatic N) is 2. The Morgan fingerprint density at radius 1 is 1.13 bits per heavy atom. The third-order valence-electron chi connectivity index (χ3n) is 2.79. The summed E-state index contributed by atoms with van der Waals surface area (Å²) in [7, 11) is 1.55. The number of methoxy groups -OCH3 is 1. The largest absolute Gasteiger partial charge is 0.383 e. The monoisotopic (exact) mass is 326 g/mol. The molecule has 0 bridgehead atoms. The lowest BCUT2D eigenvalue weighted by atomic mass is 10.2. The Balaban J connectivity index is 2.05. The van der Waals surface area contributed by atoms with E-state index in [9.17, 15) is 18.0 Å². The Kier molecular flexibility index (Phi) is 5.47. The normalized spacial score (nSPS) is 10.4. The molecule has 0 aliphatic rings. The quantitative estimate of drug-likeness (QED) is 0.629. The van der Waals surface area contributed by atoms with E-state index < -0.39 is 29.0 Å². The molecular weight excluding hydrogens is 313 g/mol. The van der Waals surface area contributed by atoms with Gasteiger partial charge in [0.05, 0.1) is 12.3 Å². The van der Waals surface area contributed by atoms with Crippen molar-refractivity contribution in [3.05, 3.63) is 47.4 Å². The first-order valence-electron chi connectivity index (χ1n) is 6.54. The number of hydrogen-bond donors (Lipinski definition) is 2. The molecule has 0 aliphatic carbocycles. The standard InChI is InChI=1S/C14H13F3N4O2/c1-23-7-6-18-11-5-4-10(20-21-11)14(22)19-9-3-2-8(15)12(16)13(9)17/h2-5H,6-7H2,1H3,(H,18,21)(H,19,22). The predicted octanol–water partition coefficient (Wildman–Crippen LogP) is 2.20. The number of rotatable bonds is 6. The Labute approximate surface area is 129 Å². The first-order valence-corrected chi connectivity index (χ1v) is 6.54. The molecule has 6 nitrogen and oxygen atoms in total. The fraction of sp³-hybridized carbons (Fsp3) is 0.214. The average Bonchev–Trinajstić information content (AvgIpc) is 2.56. The molecule has 2 aromatic rings. The third kappa shape index (κ3) is 4.16. The van der Waals surface area contributed by atoms with E-state index in [1.54, 1.807) is 7.11 Å². The molecule has 0 unspecified atom stereocenters. The molecule has 1 aromatic heterocycles. The summed E-state index contributed by atoms with van der Waals surface area (Å²) in [5.74, 6) is -4.86. The lowest BCUT2D eigenvalue weighted by Gasteiger charge is -2.07. The van der Waals surface area contributed by atoms with Crippen molar-refractivity contribution in [3.8, 4) is 0 Å². The zero-order chi connectivity index (χ0) is 16.8. The predicted molar refractivity (Wildman–Crippen MR) is 76.7 cm³/mol. The molecule has 0 saturated heterocycles. The van der Waals surface area contributed by atoms with Gasteiger partial charge in [-0.2, -0.15) is 0 Å². The Hall–Kier alpha value is -2.68. The van der Waals surface area contributed by atoms with Crippen molar-refractivity contribution in [3.63, 3.8) is 0 Å². The summed E-state index contributed by atoms with van der Waals surface area (Å²) in [5, 5.41) is 12.4. The summed E-state index contributed by atoms with van der Waals surface area (Å²) < 4.78 is 44.3. The molecule has 0 atom stereocenters. The van der Waals surface area contributed by atoms with Crippen molar-refractivity contribution in [2.45, 2.75) is 0 Å². The Morgan fingerprint density at radius 2 is 1.91 bits per heavy atom. The molecule has 0 aliphatic heterocycles. The SMILES string of the molecule is COCCNc1ccc(C(=O)Nc2ccc(F)c(F)c2F)nn1. The molecule has 9 heteroatoms. The van der Waals surface area contributed by atoms with Crippen molar-refractivity contribution in [2.24, 2.45) is 0 Å². The second-order valence-electron chi connectivity index (χ2n) is 4.40. The molecule has 0 radical (unpaired) electrons. The molecule has 1 aromatic carbocycles. The second kappa shape index (κ2) is 7.54. The van der Waals surface area contributed by atoms with Crippen molar-refractivity contribution in [1.29, 1.82) is 0 Å². The van der Waals surface area contributed by atoms with Crippen molar-refractivity contribution in [2.75, 3.05) is 30.9 Å². The van der Waals surface area contributed by atoms with E-state index >= 15 is 0 Å². The number of halogens is 3. The van der Waals surface area contributed by atoms with Gasteiger partial charge < -0.3 is 15.4 Å². The van der Waals surface area contributed by atoms with Crippen LogP contribution in [0.4, 0.5) is 24.7 Å². The fourth-order valence-corrected chi connectivity index (χ4v) is 1.64. The lowest BCUT2D eigenvalue weighted by molar-refractivity contribution is 0.102. The number of carbonyl (C=O) groups is 1.